The van der Waals surface area contributed by atoms with Crippen LogP contribution >= 0.6 is 0 Å². The number of rotatable bonds is 7. The van der Waals surface area contributed by atoms with Gasteiger partial charge in [0.2, 0.25) is 0 Å². The second-order valence-corrected chi connectivity index (χ2v) is 11.7. The number of benzene rings is 1. The van der Waals surface area contributed by atoms with Crippen LogP contribution in [0.1, 0.15) is 47.3 Å². The maximum absolute atomic E-state index is 14.1. The van der Waals surface area contributed by atoms with Crippen molar-refractivity contribution < 1.29 is 27.8 Å². The normalized spacial score (nSPS) is 17.8. The molecule has 1 fully saturated rings. The summed E-state index contributed by atoms with van der Waals surface area (Å²) in [7, 11) is 2.00. The lowest BCUT2D eigenvalue weighted by Crippen LogP contribution is -2.44. The van der Waals surface area contributed by atoms with Crippen molar-refractivity contribution in [2.75, 3.05) is 45.1 Å². The zero-order valence-corrected chi connectivity index (χ0v) is 25.2. The third kappa shape index (κ3) is 6.75. The lowest BCUT2D eigenvalue weighted by atomic mass is 9.92. The molecule has 0 saturated carbocycles. The number of aromatic amines is 1. The number of halogens is 3. The first-order valence-electron chi connectivity index (χ1n) is 15.0. The molecule has 2 amide bonds. The summed E-state index contributed by atoms with van der Waals surface area (Å²) in [6, 6.07) is 8.89. The van der Waals surface area contributed by atoms with Crippen LogP contribution in [0.15, 0.2) is 48.8 Å². The van der Waals surface area contributed by atoms with Gasteiger partial charge in [-0.15, -0.1) is 0 Å². The molecule has 6 rings (SSSR count). The molecule has 0 unspecified atom stereocenters. The molecule has 4 aromatic rings. The third-order valence-corrected chi connectivity index (χ3v) is 8.55. The molecule has 5 heterocycles. The van der Waals surface area contributed by atoms with Crippen LogP contribution in [0.25, 0.3) is 11.0 Å². The molecule has 0 radical (unpaired) electrons. The summed E-state index contributed by atoms with van der Waals surface area (Å²) in [6.45, 7) is 5.67. The van der Waals surface area contributed by atoms with Crippen molar-refractivity contribution >= 4 is 22.8 Å². The topological polar surface area (TPSA) is 110 Å². The SMILES string of the molecule is CC[C@@H]1CN(C(=O)Nc2ccc(CN3CCN(C)CC3)c(C(F)(F)F)c2)Cc2cc(Oc3ccnc4[nH]c(CO)cc34)cnc21. The van der Waals surface area contributed by atoms with E-state index in [1.807, 2.05) is 24.9 Å². The number of amides is 2. The van der Waals surface area contributed by atoms with Gasteiger partial charge in [0.15, 0.2) is 0 Å². The predicted molar refractivity (Wildman–Crippen MR) is 163 cm³/mol. The Morgan fingerprint density at radius 2 is 1.93 bits per heavy atom. The maximum Gasteiger partial charge on any atom is 0.416 e. The van der Waals surface area contributed by atoms with Crippen LogP contribution in [-0.4, -0.2) is 80.6 Å². The number of anilines is 1. The number of alkyl halides is 3. The number of nitrogens with zero attached hydrogens (tertiary/aromatic N) is 5. The van der Waals surface area contributed by atoms with Crippen LogP contribution in [0.4, 0.5) is 23.7 Å². The Morgan fingerprint density at radius 1 is 1.13 bits per heavy atom. The molecule has 0 bridgehead atoms. The summed E-state index contributed by atoms with van der Waals surface area (Å²) >= 11 is 0. The number of aromatic nitrogens is 3. The fourth-order valence-corrected chi connectivity index (χ4v) is 6.01. The first-order chi connectivity index (χ1) is 21.6. The van der Waals surface area contributed by atoms with Gasteiger partial charge in [-0.05, 0) is 54.9 Å². The number of nitrogens with one attached hydrogen (secondary N) is 2. The minimum atomic E-state index is -4.55. The highest BCUT2D eigenvalue weighted by atomic mass is 19.4. The molecule has 13 heteroatoms. The average Bonchev–Trinajstić information content (AvgIpc) is 3.46. The van der Waals surface area contributed by atoms with Crippen molar-refractivity contribution in [2.24, 2.45) is 0 Å². The van der Waals surface area contributed by atoms with Gasteiger partial charge in [-0.25, -0.2) is 9.78 Å². The second-order valence-electron chi connectivity index (χ2n) is 11.7. The summed E-state index contributed by atoms with van der Waals surface area (Å²) in [4.78, 5) is 31.2. The van der Waals surface area contributed by atoms with Gasteiger partial charge < -0.3 is 29.9 Å². The molecule has 3 aromatic heterocycles. The van der Waals surface area contributed by atoms with Gasteiger partial charge in [0, 0.05) is 69.3 Å². The number of carbonyl (C=O) groups is 1. The van der Waals surface area contributed by atoms with Gasteiger partial charge in [-0.2, -0.15) is 13.2 Å². The Balaban J connectivity index is 1.19. The number of fused-ring (bicyclic) bond motifs is 2. The number of urea groups is 1. The van der Waals surface area contributed by atoms with Gasteiger partial charge >= 0.3 is 12.2 Å². The number of ether oxygens (including phenoxy) is 1. The highest BCUT2D eigenvalue weighted by Gasteiger charge is 2.35. The molecule has 0 spiro atoms. The van der Waals surface area contributed by atoms with E-state index in [4.69, 9.17) is 4.74 Å². The lowest BCUT2D eigenvalue weighted by molar-refractivity contribution is -0.138. The van der Waals surface area contributed by atoms with Gasteiger partial charge in [-0.1, -0.05) is 13.0 Å². The molecule has 10 nitrogen and oxygen atoms in total. The quantitative estimate of drug-likeness (QED) is 0.248. The summed E-state index contributed by atoms with van der Waals surface area (Å²) < 4.78 is 48.5. The van der Waals surface area contributed by atoms with E-state index < -0.39 is 17.8 Å². The monoisotopic (exact) mass is 623 g/mol. The summed E-state index contributed by atoms with van der Waals surface area (Å²) in [5.74, 6) is 0.956. The molecular weight excluding hydrogens is 587 g/mol. The van der Waals surface area contributed by atoms with Gasteiger partial charge in [0.1, 0.15) is 17.1 Å². The van der Waals surface area contributed by atoms with E-state index in [1.54, 1.807) is 35.5 Å². The highest BCUT2D eigenvalue weighted by molar-refractivity contribution is 5.89. The van der Waals surface area contributed by atoms with Crippen LogP contribution in [0.5, 0.6) is 11.5 Å². The Bertz CT molecular complexity index is 1680. The fourth-order valence-electron chi connectivity index (χ4n) is 6.01. The zero-order chi connectivity index (χ0) is 31.7. The smallest absolute Gasteiger partial charge is 0.416 e. The van der Waals surface area contributed by atoms with Crippen LogP contribution in [0.3, 0.4) is 0 Å². The fraction of sp³-hybridized carbons (Fsp3) is 0.406. The van der Waals surface area contributed by atoms with Crippen LogP contribution < -0.4 is 10.1 Å². The lowest BCUT2D eigenvalue weighted by Gasteiger charge is -2.34. The average molecular weight is 624 g/mol. The number of hydrogen-bond acceptors (Lipinski definition) is 7. The largest absolute Gasteiger partial charge is 0.455 e. The number of aliphatic hydroxyl groups excluding tert-OH is 1. The molecule has 1 atom stereocenters. The molecule has 3 N–H and O–H groups in total. The number of piperazine rings is 1. The van der Waals surface area contributed by atoms with Crippen molar-refractivity contribution in [3.05, 3.63) is 76.9 Å². The first-order valence-corrected chi connectivity index (χ1v) is 15.0. The van der Waals surface area contributed by atoms with Crippen molar-refractivity contribution in [1.29, 1.82) is 0 Å². The molecule has 1 saturated heterocycles. The van der Waals surface area contributed by atoms with Gasteiger partial charge in [0.25, 0.3) is 0 Å². The maximum atomic E-state index is 14.1. The number of H-pyrrole nitrogens is 1. The van der Waals surface area contributed by atoms with E-state index >= 15 is 0 Å². The molecule has 0 aliphatic carbocycles. The summed E-state index contributed by atoms with van der Waals surface area (Å²) in [5.41, 5.74) is 2.41. The molecule has 1 aromatic carbocycles. The first kappa shape index (κ1) is 30.8. The predicted octanol–water partition coefficient (Wildman–Crippen LogP) is 5.55. The number of aliphatic hydroxyl groups is 1. The number of hydrogen-bond donors (Lipinski definition) is 3. The Morgan fingerprint density at radius 3 is 2.67 bits per heavy atom. The Hall–Kier alpha value is -4.20. The second kappa shape index (κ2) is 12.7. The standard InChI is InChI=1S/C32H36F3N7O3/c1-3-20-17-42(18-22-12-25(15-37-29(20)22)45-28-6-7-36-30-26(28)13-24(19-43)38-30)31(44)39-23-5-4-21(27(14-23)32(33,34)35)16-41-10-8-40(2)9-11-41/h4-7,12-15,20,43H,3,8-11,16-19H2,1-2H3,(H,36,38)(H,39,44)/t20-/m1/s1. The van der Waals surface area contributed by atoms with Crippen molar-refractivity contribution in [1.82, 2.24) is 29.7 Å². The van der Waals surface area contributed by atoms with Crippen molar-refractivity contribution in [3.63, 3.8) is 0 Å². The van der Waals surface area contributed by atoms with E-state index in [2.05, 4.69) is 25.2 Å². The third-order valence-electron chi connectivity index (χ3n) is 8.55. The number of pyridine rings is 2. The number of carbonyl (C=O) groups excluding carboxylic acids is 1. The van der Waals surface area contributed by atoms with E-state index in [0.717, 1.165) is 36.8 Å². The molecule has 2 aliphatic rings. The molecule has 45 heavy (non-hydrogen) atoms. The van der Waals surface area contributed by atoms with E-state index in [9.17, 15) is 23.1 Å². The molecule has 2 aliphatic heterocycles. The van der Waals surface area contributed by atoms with Crippen LogP contribution in [-0.2, 0) is 25.9 Å². The van der Waals surface area contributed by atoms with Gasteiger partial charge in [-0.3, -0.25) is 9.88 Å². The summed E-state index contributed by atoms with van der Waals surface area (Å²) in [6.07, 6.45) is -0.584. The van der Waals surface area contributed by atoms with Crippen molar-refractivity contribution in [2.45, 2.75) is 45.1 Å². The van der Waals surface area contributed by atoms with Crippen LogP contribution in [0, 0.1) is 0 Å². The molecular formula is C32H36F3N7O3. The van der Waals surface area contributed by atoms with E-state index in [1.165, 1.54) is 6.07 Å². The minimum absolute atomic E-state index is 0.0466. The number of likely N-dealkylation sites (N-methyl/N-ethyl adjacent to an activating group) is 1. The highest BCUT2D eigenvalue weighted by Crippen LogP contribution is 2.36. The van der Waals surface area contributed by atoms with Gasteiger partial charge in [0.05, 0.1) is 29.4 Å². The molecule has 238 valence electrons. The van der Waals surface area contributed by atoms with E-state index in [-0.39, 0.29) is 36.9 Å². The Labute approximate surface area is 258 Å². The van der Waals surface area contributed by atoms with Crippen LogP contribution in [0.2, 0.25) is 0 Å². The Kier molecular flexibility index (Phi) is 8.67. The summed E-state index contributed by atoms with van der Waals surface area (Å²) in [5, 5.41) is 12.9. The minimum Gasteiger partial charge on any atom is -0.455 e. The van der Waals surface area contributed by atoms with Crippen molar-refractivity contribution in [3.8, 4) is 11.5 Å². The zero-order valence-electron chi connectivity index (χ0n) is 25.2. The van der Waals surface area contributed by atoms with E-state index in [0.29, 0.717) is 47.9 Å².